The number of rotatable bonds is 14. The van der Waals surface area contributed by atoms with Gasteiger partial charge in [-0.3, -0.25) is 0 Å². The molecule has 0 unspecified atom stereocenters. The molecule has 0 amide bonds. The van der Waals surface area contributed by atoms with Gasteiger partial charge in [0.1, 0.15) is 6.10 Å². The van der Waals surface area contributed by atoms with Gasteiger partial charge in [-0.15, -0.1) is 0 Å². The number of benzene rings is 3. The van der Waals surface area contributed by atoms with Crippen LogP contribution in [0.5, 0.6) is 0 Å². The predicted octanol–water partition coefficient (Wildman–Crippen LogP) is 5.06. The van der Waals surface area contributed by atoms with Crippen molar-refractivity contribution < 1.29 is 19.4 Å². The molecule has 3 aromatic carbocycles. The van der Waals surface area contributed by atoms with Crippen molar-refractivity contribution in [2.45, 2.75) is 70.3 Å². The van der Waals surface area contributed by atoms with E-state index < -0.39 is 14.4 Å². The second kappa shape index (κ2) is 13.9. The summed E-state index contributed by atoms with van der Waals surface area (Å²) >= 11 is 0. The van der Waals surface area contributed by atoms with Crippen LogP contribution in [-0.4, -0.2) is 44.0 Å². The second-order valence-corrected chi connectivity index (χ2v) is 14.8. The van der Waals surface area contributed by atoms with Crippen molar-refractivity contribution in [2.24, 2.45) is 0 Å². The van der Waals surface area contributed by atoms with Crippen LogP contribution in [0.2, 0.25) is 5.04 Å². The van der Waals surface area contributed by atoms with Gasteiger partial charge in [0.15, 0.2) is 0 Å². The minimum atomic E-state index is -2.50. The number of aliphatic hydroxyl groups is 2. The molecule has 0 radical (unpaired) electrons. The Morgan fingerprint density at radius 2 is 1.28 bits per heavy atom. The Kier molecular flexibility index (Phi) is 10.9. The van der Waals surface area contributed by atoms with Gasteiger partial charge in [-0.25, -0.2) is 0 Å². The van der Waals surface area contributed by atoms with Crippen LogP contribution in [0.1, 0.15) is 52.0 Å². The van der Waals surface area contributed by atoms with Gasteiger partial charge in [0.25, 0.3) is 8.32 Å². The van der Waals surface area contributed by atoms with Gasteiger partial charge in [0.2, 0.25) is 0 Å². The molecule has 0 aliphatic carbocycles. The molecule has 0 saturated heterocycles. The van der Waals surface area contributed by atoms with Crippen molar-refractivity contribution >= 4 is 18.7 Å². The van der Waals surface area contributed by atoms with Crippen molar-refractivity contribution in [3.63, 3.8) is 0 Å². The highest BCUT2D eigenvalue weighted by Gasteiger charge is 2.49. The Balaban J connectivity index is 1.60. The number of ether oxygens (including phenoxy) is 1. The largest absolute Gasteiger partial charge is 0.407 e. The number of aliphatic hydroxyl groups excluding tert-OH is 2. The van der Waals surface area contributed by atoms with E-state index in [0.717, 1.165) is 24.8 Å². The van der Waals surface area contributed by atoms with E-state index in [1.165, 1.54) is 10.4 Å². The molecule has 5 heteroatoms. The van der Waals surface area contributed by atoms with Gasteiger partial charge in [0.05, 0.1) is 19.3 Å². The second-order valence-electron chi connectivity index (χ2n) is 10.4. The number of unbranched alkanes of at least 4 members (excludes halogenated alkanes) is 2. The summed E-state index contributed by atoms with van der Waals surface area (Å²) in [6.07, 6.45) is 2.26. The Morgan fingerprint density at radius 1 is 0.750 bits per heavy atom. The molecular formula is C31H42O4Si. The number of hydrogen-bond acceptors (Lipinski definition) is 4. The predicted molar refractivity (Wildman–Crippen MR) is 150 cm³/mol. The molecule has 36 heavy (non-hydrogen) atoms. The van der Waals surface area contributed by atoms with Crippen LogP contribution in [0.25, 0.3) is 0 Å². The quantitative estimate of drug-likeness (QED) is 0.237. The third-order valence-corrected chi connectivity index (χ3v) is 11.8. The van der Waals surface area contributed by atoms with Crippen molar-refractivity contribution in [1.29, 1.82) is 0 Å². The average Bonchev–Trinajstić information content (AvgIpc) is 2.90. The van der Waals surface area contributed by atoms with E-state index >= 15 is 0 Å². The molecule has 0 saturated carbocycles. The van der Waals surface area contributed by atoms with E-state index in [4.69, 9.17) is 9.16 Å². The van der Waals surface area contributed by atoms with E-state index in [1.807, 2.05) is 30.3 Å². The Hall–Kier alpha value is -2.28. The van der Waals surface area contributed by atoms with Gasteiger partial charge in [-0.2, -0.15) is 0 Å². The summed E-state index contributed by atoms with van der Waals surface area (Å²) < 4.78 is 12.9. The minimum absolute atomic E-state index is 0.0304. The smallest absolute Gasteiger partial charge is 0.261 e. The lowest BCUT2D eigenvalue weighted by atomic mass is 10.1. The molecule has 194 valence electrons. The molecule has 0 aliphatic heterocycles. The van der Waals surface area contributed by atoms with Crippen LogP contribution in [0, 0.1) is 0 Å². The van der Waals surface area contributed by atoms with Crippen LogP contribution in [-0.2, 0) is 15.8 Å². The Bertz CT molecular complexity index is 950. The molecular weight excluding hydrogens is 464 g/mol. The van der Waals surface area contributed by atoms with E-state index in [2.05, 4.69) is 81.4 Å². The van der Waals surface area contributed by atoms with Crippen LogP contribution in [0.4, 0.5) is 0 Å². The molecule has 0 aromatic heterocycles. The van der Waals surface area contributed by atoms with E-state index in [9.17, 15) is 10.2 Å². The van der Waals surface area contributed by atoms with Gasteiger partial charge >= 0.3 is 0 Å². The molecule has 3 rings (SSSR count). The molecule has 3 aromatic rings. The fourth-order valence-corrected chi connectivity index (χ4v) is 9.50. The third kappa shape index (κ3) is 7.37. The maximum Gasteiger partial charge on any atom is 0.261 e. The minimum Gasteiger partial charge on any atom is -0.407 e. The molecule has 0 spiro atoms. The zero-order valence-corrected chi connectivity index (χ0v) is 23.0. The molecule has 2 atom stereocenters. The maximum absolute atomic E-state index is 10.3. The molecule has 0 fully saturated rings. The zero-order valence-electron chi connectivity index (χ0n) is 22.0. The van der Waals surface area contributed by atoms with Crippen LogP contribution in [0.3, 0.4) is 0 Å². The lowest BCUT2D eigenvalue weighted by Gasteiger charge is -2.43. The normalized spacial score (nSPS) is 13.9. The molecule has 4 nitrogen and oxygen atoms in total. The van der Waals surface area contributed by atoms with Crippen molar-refractivity contribution in [3.05, 3.63) is 96.6 Å². The molecule has 0 bridgehead atoms. The summed E-state index contributed by atoms with van der Waals surface area (Å²) in [6.45, 7) is 7.71. The standard InChI is InChI=1S/C31H42O4Si/c1-31(2,3)36(27-18-10-5-11-19-27,28-20-12-6-13-21-28)35-23-15-7-14-22-30(29(33)24-32)34-25-26-16-8-4-9-17-26/h4-6,8-13,16-21,29-30,32-33H,7,14-15,22-25H2,1-3H3/t29-,30+/m0/s1. The highest BCUT2D eigenvalue weighted by molar-refractivity contribution is 6.99. The molecule has 0 heterocycles. The molecule has 2 N–H and O–H groups in total. The fraction of sp³-hybridized carbons (Fsp3) is 0.419. The summed E-state index contributed by atoms with van der Waals surface area (Å²) in [7, 11) is -2.50. The highest BCUT2D eigenvalue weighted by atomic mass is 28.4. The first-order chi connectivity index (χ1) is 17.4. The van der Waals surface area contributed by atoms with Crippen LogP contribution >= 0.6 is 0 Å². The van der Waals surface area contributed by atoms with Crippen LogP contribution < -0.4 is 10.4 Å². The van der Waals surface area contributed by atoms with Crippen molar-refractivity contribution in [1.82, 2.24) is 0 Å². The summed E-state index contributed by atoms with van der Waals surface area (Å²) in [4.78, 5) is 0. The van der Waals surface area contributed by atoms with Gasteiger partial charge in [-0.1, -0.05) is 125 Å². The van der Waals surface area contributed by atoms with Crippen molar-refractivity contribution in [2.75, 3.05) is 13.2 Å². The van der Waals surface area contributed by atoms with Gasteiger partial charge < -0.3 is 19.4 Å². The Labute approximate surface area is 218 Å². The maximum atomic E-state index is 10.3. The summed E-state index contributed by atoms with van der Waals surface area (Å²) in [5.41, 5.74) is 1.06. The average molecular weight is 507 g/mol. The first-order valence-corrected chi connectivity index (χ1v) is 15.0. The summed E-state index contributed by atoms with van der Waals surface area (Å²) in [5.74, 6) is 0. The lowest BCUT2D eigenvalue weighted by molar-refractivity contribution is -0.0691. The van der Waals surface area contributed by atoms with E-state index in [-0.39, 0.29) is 17.7 Å². The van der Waals surface area contributed by atoms with E-state index in [1.54, 1.807) is 0 Å². The van der Waals surface area contributed by atoms with E-state index in [0.29, 0.717) is 19.6 Å². The lowest BCUT2D eigenvalue weighted by Crippen LogP contribution is -2.66. The van der Waals surface area contributed by atoms with Crippen molar-refractivity contribution in [3.8, 4) is 0 Å². The fourth-order valence-electron chi connectivity index (χ4n) is 4.89. The zero-order chi connectivity index (χ0) is 25.9. The number of hydrogen-bond donors (Lipinski definition) is 2. The van der Waals surface area contributed by atoms with Crippen LogP contribution in [0.15, 0.2) is 91.0 Å². The monoisotopic (exact) mass is 506 g/mol. The third-order valence-electron chi connectivity index (χ3n) is 6.79. The molecule has 0 aliphatic rings. The van der Waals surface area contributed by atoms with Gasteiger partial charge in [-0.05, 0) is 33.8 Å². The first-order valence-electron chi connectivity index (χ1n) is 13.1. The summed E-state index contributed by atoms with van der Waals surface area (Å²) in [6, 6.07) is 31.4. The Morgan fingerprint density at radius 3 is 1.78 bits per heavy atom. The highest BCUT2D eigenvalue weighted by Crippen LogP contribution is 2.36. The topological polar surface area (TPSA) is 58.9 Å². The van der Waals surface area contributed by atoms with Gasteiger partial charge in [0, 0.05) is 6.61 Å². The SMILES string of the molecule is CC(C)(C)[Si](OCCCCC[C@@H](OCc1ccccc1)[C@@H](O)CO)(c1ccccc1)c1ccccc1. The summed E-state index contributed by atoms with van der Waals surface area (Å²) in [5, 5.41) is 22.3. The first kappa shape index (κ1) is 28.3.